The molecule has 2 amide bonds. The minimum absolute atomic E-state index is 0.0873. The van der Waals surface area contributed by atoms with E-state index in [9.17, 15) is 18.0 Å². The van der Waals surface area contributed by atoms with E-state index in [2.05, 4.69) is 10.6 Å². The second kappa shape index (κ2) is 9.03. The van der Waals surface area contributed by atoms with Gasteiger partial charge in [-0.3, -0.25) is 9.59 Å². The number of benzene rings is 1. The molecule has 1 aliphatic rings. The first kappa shape index (κ1) is 20.1. The van der Waals surface area contributed by atoms with Gasteiger partial charge in [-0.2, -0.15) is 4.31 Å². The van der Waals surface area contributed by atoms with E-state index >= 15 is 0 Å². The van der Waals surface area contributed by atoms with Crippen molar-refractivity contribution in [3.05, 3.63) is 54.0 Å². The Kier molecular flexibility index (Phi) is 6.48. The number of amides is 2. The number of hydrogen-bond donors (Lipinski definition) is 2. The van der Waals surface area contributed by atoms with Crippen molar-refractivity contribution < 1.29 is 22.4 Å². The topological polar surface area (TPSA) is 109 Å². The van der Waals surface area contributed by atoms with Crippen molar-refractivity contribution in [3.63, 3.8) is 0 Å². The molecule has 0 bridgehead atoms. The third-order valence-corrected chi connectivity index (χ3v) is 6.39. The fraction of sp³-hybridized carbons (Fsp3) is 0.368. The van der Waals surface area contributed by atoms with Crippen molar-refractivity contribution in [2.24, 2.45) is 0 Å². The van der Waals surface area contributed by atoms with Crippen molar-refractivity contribution in [1.82, 2.24) is 14.9 Å². The van der Waals surface area contributed by atoms with E-state index < -0.39 is 15.9 Å². The predicted octanol–water partition coefficient (Wildman–Crippen LogP) is 1.50. The number of carbonyl (C=O) groups excluding carboxylic acids is 2. The molecule has 28 heavy (non-hydrogen) atoms. The smallest absolute Gasteiger partial charge is 0.251 e. The fourth-order valence-corrected chi connectivity index (χ4v) is 4.54. The first-order chi connectivity index (χ1) is 13.5. The highest BCUT2D eigenvalue weighted by molar-refractivity contribution is 7.89. The molecule has 1 saturated heterocycles. The monoisotopic (exact) mass is 405 g/mol. The Morgan fingerprint density at radius 1 is 1.04 bits per heavy atom. The van der Waals surface area contributed by atoms with Crippen LogP contribution in [0, 0.1) is 0 Å². The van der Waals surface area contributed by atoms with Crippen molar-refractivity contribution in [2.75, 3.05) is 19.6 Å². The third kappa shape index (κ3) is 4.99. The summed E-state index contributed by atoms with van der Waals surface area (Å²) in [6.07, 6.45) is 4.21. The molecule has 2 N–H and O–H groups in total. The van der Waals surface area contributed by atoms with Crippen LogP contribution in [0.25, 0.3) is 0 Å². The molecule has 1 aliphatic heterocycles. The van der Waals surface area contributed by atoms with Gasteiger partial charge in [0.1, 0.15) is 5.76 Å². The molecule has 1 fully saturated rings. The predicted molar refractivity (Wildman–Crippen MR) is 102 cm³/mol. The van der Waals surface area contributed by atoms with Gasteiger partial charge in [0.25, 0.3) is 5.91 Å². The van der Waals surface area contributed by atoms with Crippen LogP contribution in [0.3, 0.4) is 0 Å². The largest absolute Gasteiger partial charge is 0.467 e. The van der Waals surface area contributed by atoms with Crippen LogP contribution in [-0.2, 0) is 21.4 Å². The van der Waals surface area contributed by atoms with Crippen LogP contribution in [-0.4, -0.2) is 44.2 Å². The molecule has 1 aromatic heterocycles. The van der Waals surface area contributed by atoms with Gasteiger partial charge in [0, 0.05) is 18.7 Å². The highest BCUT2D eigenvalue weighted by Crippen LogP contribution is 2.21. The number of nitrogens with one attached hydrogen (secondary N) is 2. The maximum absolute atomic E-state index is 12.7. The van der Waals surface area contributed by atoms with Crippen molar-refractivity contribution >= 4 is 21.8 Å². The molecule has 0 atom stereocenters. The van der Waals surface area contributed by atoms with E-state index in [1.54, 1.807) is 12.1 Å². The lowest BCUT2D eigenvalue weighted by molar-refractivity contribution is -0.120. The number of rotatable bonds is 7. The van der Waals surface area contributed by atoms with Crippen LogP contribution < -0.4 is 10.6 Å². The average Bonchev–Trinajstić information content (AvgIpc) is 3.25. The Balaban J connectivity index is 1.58. The van der Waals surface area contributed by atoms with E-state index in [1.807, 2.05) is 0 Å². The summed E-state index contributed by atoms with van der Waals surface area (Å²) in [5, 5.41) is 5.12. The van der Waals surface area contributed by atoms with Gasteiger partial charge in [-0.25, -0.2) is 8.42 Å². The summed E-state index contributed by atoms with van der Waals surface area (Å²) >= 11 is 0. The summed E-state index contributed by atoms with van der Waals surface area (Å²) < 4.78 is 32.1. The molecule has 150 valence electrons. The molecule has 0 saturated carbocycles. The first-order valence-electron chi connectivity index (χ1n) is 9.14. The van der Waals surface area contributed by atoms with E-state index in [4.69, 9.17) is 4.42 Å². The molecule has 0 spiro atoms. The van der Waals surface area contributed by atoms with Crippen LogP contribution >= 0.6 is 0 Å². The van der Waals surface area contributed by atoms with Gasteiger partial charge >= 0.3 is 0 Å². The Morgan fingerprint density at radius 3 is 2.54 bits per heavy atom. The zero-order valence-electron chi connectivity index (χ0n) is 15.4. The van der Waals surface area contributed by atoms with Crippen molar-refractivity contribution in [2.45, 2.75) is 30.7 Å². The second-order valence-corrected chi connectivity index (χ2v) is 8.47. The summed E-state index contributed by atoms with van der Waals surface area (Å²) in [5.41, 5.74) is 0.192. The summed E-state index contributed by atoms with van der Waals surface area (Å²) in [4.78, 5) is 24.2. The minimum Gasteiger partial charge on any atom is -0.467 e. The molecule has 0 aliphatic carbocycles. The van der Waals surface area contributed by atoms with Crippen LogP contribution in [0.1, 0.15) is 35.4 Å². The van der Waals surface area contributed by atoms with E-state index in [0.717, 1.165) is 19.3 Å². The quantitative estimate of drug-likeness (QED) is 0.726. The van der Waals surface area contributed by atoms with E-state index in [-0.39, 0.29) is 29.5 Å². The molecule has 8 nitrogen and oxygen atoms in total. The number of piperidine rings is 1. The molecule has 2 heterocycles. The maximum atomic E-state index is 12.7. The maximum Gasteiger partial charge on any atom is 0.251 e. The lowest BCUT2D eigenvalue weighted by Gasteiger charge is -2.26. The van der Waals surface area contributed by atoms with E-state index in [0.29, 0.717) is 18.8 Å². The van der Waals surface area contributed by atoms with Crippen molar-refractivity contribution in [3.8, 4) is 0 Å². The highest BCUT2D eigenvalue weighted by atomic mass is 32.2. The average molecular weight is 405 g/mol. The van der Waals surface area contributed by atoms with Gasteiger partial charge in [-0.1, -0.05) is 12.5 Å². The third-order valence-electron chi connectivity index (χ3n) is 4.50. The summed E-state index contributed by atoms with van der Waals surface area (Å²) in [6, 6.07) is 9.33. The summed E-state index contributed by atoms with van der Waals surface area (Å²) in [5.74, 6) is -0.277. The van der Waals surface area contributed by atoms with Crippen LogP contribution in [0.2, 0.25) is 0 Å². The Morgan fingerprint density at radius 2 is 1.82 bits per heavy atom. The normalized spacial score (nSPS) is 15.1. The zero-order valence-corrected chi connectivity index (χ0v) is 16.2. The molecule has 0 unspecified atom stereocenters. The first-order valence-corrected chi connectivity index (χ1v) is 10.6. The van der Waals surface area contributed by atoms with E-state index in [1.165, 1.54) is 34.8 Å². The molecular weight excluding hydrogens is 382 g/mol. The molecule has 0 radical (unpaired) electrons. The number of nitrogens with zero attached hydrogens (tertiary/aromatic N) is 1. The standard InChI is InChI=1S/C19H23N3O5S/c23-18(20-13-16-7-5-11-27-16)14-21-19(24)15-6-4-8-17(12-15)28(25,26)22-9-2-1-3-10-22/h4-8,11-12H,1-3,9-10,13-14H2,(H,20,23)(H,21,24). The van der Waals surface area contributed by atoms with Gasteiger partial charge in [-0.05, 0) is 43.2 Å². The Bertz CT molecular complexity index is 919. The minimum atomic E-state index is -3.62. The van der Waals surface area contributed by atoms with Crippen molar-refractivity contribution in [1.29, 1.82) is 0 Å². The van der Waals surface area contributed by atoms with Gasteiger partial charge in [0.05, 0.1) is 24.2 Å². The highest BCUT2D eigenvalue weighted by Gasteiger charge is 2.26. The zero-order chi connectivity index (χ0) is 20.0. The second-order valence-electron chi connectivity index (χ2n) is 6.53. The van der Waals surface area contributed by atoms with Gasteiger partial charge in [-0.15, -0.1) is 0 Å². The van der Waals surface area contributed by atoms with Gasteiger partial charge < -0.3 is 15.1 Å². The SMILES string of the molecule is O=C(CNC(=O)c1cccc(S(=O)(=O)N2CCCCC2)c1)NCc1ccco1. The van der Waals surface area contributed by atoms with Gasteiger partial charge in [0.15, 0.2) is 0 Å². The Labute approximate surface area is 164 Å². The molecule has 1 aromatic carbocycles. The fourth-order valence-electron chi connectivity index (χ4n) is 2.98. The lowest BCUT2D eigenvalue weighted by Crippen LogP contribution is -2.37. The summed E-state index contributed by atoms with van der Waals surface area (Å²) in [7, 11) is -3.62. The molecule has 2 aromatic rings. The number of carbonyl (C=O) groups is 2. The molecule has 3 rings (SSSR count). The van der Waals surface area contributed by atoms with Crippen LogP contribution in [0.15, 0.2) is 52.0 Å². The van der Waals surface area contributed by atoms with Gasteiger partial charge in [0.2, 0.25) is 15.9 Å². The summed E-state index contributed by atoms with van der Waals surface area (Å²) in [6.45, 7) is 0.997. The number of sulfonamides is 1. The molecule has 9 heteroatoms. The van der Waals surface area contributed by atoms with Crippen LogP contribution in [0.5, 0.6) is 0 Å². The van der Waals surface area contributed by atoms with Crippen LogP contribution in [0.4, 0.5) is 0 Å². The number of hydrogen-bond acceptors (Lipinski definition) is 5. The number of furan rings is 1. The lowest BCUT2D eigenvalue weighted by atomic mass is 10.2. The molecular formula is C19H23N3O5S. The Hall–Kier alpha value is -2.65.